The van der Waals surface area contributed by atoms with Crippen LogP contribution in [0.1, 0.15) is 5.56 Å². The normalized spacial score (nSPS) is 9.38. The Morgan fingerprint density at radius 2 is 2.31 bits per heavy atom. The van der Waals surface area contributed by atoms with Gasteiger partial charge in [0, 0.05) is 10.5 Å². The number of rotatable bonds is 2. The molecule has 0 heterocycles. The molecule has 0 saturated carbocycles. The zero-order valence-electron chi connectivity index (χ0n) is 7.21. The van der Waals surface area contributed by atoms with Crippen molar-refractivity contribution < 1.29 is 9.53 Å². The maximum absolute atomic E-state index is 10.8. The molecule has 2 nitrogen and oxygen atoms in total. The zero-order valence-corrected chi connectivity index (χ0v) is 8.80. The summed E-state index contributed by atoms with van der Waals surface area (Å²) >= 11 is 3.34. The largest absolute Gasteiger partial charge is 0.423 e. The van der Waals surface area contributed by atoms with Crippen molar-refractivity contribution in [3.63, 3.8) is 0 Å². The molecule has 1 rings (SSSR count). The Morgan fingerprint density at radius 1 is 1.62 bits per heavy atom. The Bertz CT molecular complexity index is 345. The van der Waals surface area contributed by atoms with E-state index in [2.05, 4.69) is 22.5 Å². The van der Waals surface area contributed by atoms with E-state index in [-0.39, 0.29) is 0 Å². The molecular formula is C10H9BrO2. The van der Waals surface area contributed by atoms with Crippen LogP contribution in [0.3, 0.4) is 0 Å². The molecule has 0 atom stereocenters. The molecule has 0 aliphatic heterocycles. The van der Waals surface area contributed by atoms with Crippen LogP contribution in [0.2, 0.25) is 0 Å². The second kappa shape index (κ2) is 4.23. The molecule has 0 saturated heterocycles. The smallest absolute Gasteiger partial charge is 0.335 e. The third-order valence-electron chi connectivity index (χ3n) is 1.53. The van der Waals surface area contributed by atoms with Crippen molar-refractivity contribution in [3.8, 4) is 5.75 Å². The second-order valence-electron chi connectivity index (χ2n) is 2.54. The topological polar surface area (TPSA) is 26.3 Å². The van der Waals surface area contributed by atoms with Gasteiger partial charge in [-0.25, -0.2) is 4.79 Å². The van der Waals surface area contributed by atoms with Gasteiger partial charge in [-0.3, -0.25) is 0 Å². The Morgan fingerprint density at radius 3 is 2.85 bits per heavy atom. The maximum atomic E-state index is 10.8. The molecule has 3 heteroatoms. The van der Waals surface area contributed by atoms with Crippen molar-refractivity contribution in [3.05, 3.63) is 40.9 Å². The van der Waals surface area contributed by atoms with Crippen LogP contribution in [0.5, 0.6) is 5.75 Å². The Labute approximate surface area is 85.3 Å². The minimum atomic E-state index is -0.448. The summed E-state index contributed by atoms with van der Waals surface area (Å²) in [6.45, 7) is 5.27. The van der Waals surface area contributed by atoms with Gasteiger partial charge in [-0.2, -0.15) is 0 Å². The highest BCUT2D eigenvalue weighted by atomic mass is 79.9. The summed E-state index contributed by atoms with van der Waals surface area (Å²) in [6, 6.07) is 5.36. The molecule has 1 aromatic carbocycles. The van der Waals surface area contributed by atoms with Crippen LogP contribution in [0.25, 0.3) is 0 Å². The van der Waals surface area contributed by atoms with Gasteiger partial charge in [0.2, 0.25) is 0 Å². The number of carbonyl (C=O) groups excluding carboxylic acids is 1. The van der Waals surface area contributed by atoms with Crippen LogP contribution >= 0.6 is 15.9 Å². The first-order valence-corrected chi connectivity index (χ1v) is 4.53. The van der Waals surface area contributed by atoms with Crippen LogP contribution in [0.15, 0.2) is 35.3 Å². The highest BCUT2D eigenvalue weighted by Gasteiger charge is 2.01. The Hall–Kier alpha value is -1.09. The third-order valence-corrected chi connectivity index (χ3v) is 2.38. The van der Waals surface area contributed by atoms with Crippen LogP contribution in [-0.2, 0) is 4.79 Å². The van der Waals surface area contributed by atoms with E-state index >= 15 is 0 Å². The van der Waals surface area contributed by atoms with Crippen molar-refractivity contribution in [1.29, 1.82) is 0 Å². The van der Waals surface area contributed by atoms with E-state index in [0.29, 0.717) is 5.75 Å². The molecule has 0 fully saturated rings. The lowest BCUT2D eigenvalue weighted by molar-refractivity contribution is -0.128. The molecule has 68 valence electrons. The van der Waals surface area contributed by atoms with Gasteiger partial charge in [0.15, 0.2) is 0 Å². The van der Waals surface area contributed by atoms with Crippen LogP contribution in [0.4, 0.5) is 0 Å². The summed E-state index contributed by atoms with van der Waals surface area (Å²) in [5.74, 6) is 0.0677. The van der Waals surface area contributed by atoms with Gasteiger partial charge in [0.25, 0.3) is 0 Å². The predicted molar refractivity (Wildman–Crippen MR) is 54.7 cm³/mol. The van der Waals surface area contributed by atoms with E-state index in [9.17, 15) is 4.79 Å². The molecule has 0 aromatic heterocycles. The standard InChI is InChI=1S/C10H9BrO2/c1-3-10(12)13-8-5-4-7(2)9(11)6-8/h3-6H,1H2,2H3. The van der Waals surface area contributed by atoms with Gasteiger partial charge in [-0.15, -0.1) is 0 Å². The Kier molecular flexibility index (Phi) is 3.25. The first-order chi connectivity index (χ1) is 6.13. The number of hydrogen-bond donors (Lipinski definition) is 0. The summed E-state index contributed by atoms with van der Waals surface area (Å²) < 4.78 is 5.83. The highest BCUT2D eigenvalue weighted by Crippen LogP contribution is 2.22. The van der Waals surface area contributed by atoms with Gasteiger partial charge in [-0.05, 0) is 24.6 Å². The molecule has 0 unspecified atom stereocenters. The number of hydrogen-bond acceptors (Lipinski definition) is 2. The van der Waals surface area contributed by atoms with E-state index in [1.165, 1.54) is 0 Å². The quantitative estimate of drug-likeness (QED) is 0.452. The van der Waals surface area contributed by atoms with Gasteiger partial charge in [-0.1, -0.05) is 28.6 Å². The molecule has 0 N–H and O–H groups in total. The SMILES string of the molecule is C=CC(=O)Oc1ccc(C)c(Br)c1. The van der Waals surface area contributed by atoms with E-state index in [1.54, 1.807) is 12.1 Å². The van der Waals surface area contributed by atoms with Gasteiger partial charge in [0.1, 0.15) is 5.75 Å². The summed E-state index contributed by atoms with van der Waals surface area (Å²) in [5.41, 5.74) is 1.10. The fraction of sp³-hybridized carbons (Fsp3) is 0.100. The molecule has 13 heavy (non-hydrogen) atoms. The maximum Gasteiger partial charge on any atom is 0.335 e. The lowest BCUT2D eigenvalue weighted by Crippen LogP contribution is -2.02. The van der Waals surface area contributed by atoms with Crippen LogP contribution < -0.4 is 4.74 Å². The average Bonchev–Trinajstić information content (AvgIpc) is 2.11. The number of halogens is 1. The fourth-order valence-corrected chi connectivity index (χ4v) is 1.15. The third kappa shape index (κ3) is 2.70. The number of aryl methyl sites for hydroxylation is 1. The predicted octanol–water partition coefficient (Wildman–Crippen LogP) is 2.85. The molecule has 0 aliphatic rings. The molecule has 0 spiro atoms. The first-order valence-electron chi connectivity index (χ1n) is 3.74. The minimum absolute atomic E-state index is 0.448. The van der Waals surface area contributed by atoms with E-state index < -0.39 is 5.97 Å². The highest BCUT2D eigenvalue weighted by molar-refractivity contribution is 9.10. The van der Waals surface area contributed by atoms with E-state index in [1.807, 2.05) is 13.0 Å². The molecular weight excluding hydrogens is 232 g/mol. The summed E-state index contributed by atoms with van der Waals surface area (Å²) in [6.07, 6.45) is 1.13. The Balaban J connectivity index is 2.85. The van der Waals surface area contributed by atoms with Crippen molar-refractivity contribution >= 4 is 21.9 Å². The number of esters is 1. The second-order valence-corrected chi connectivity index (χ2v) is 3.39. The summed E-state index contributed by atoms with van der Waals surface area (Å²) in [7, 11) is 0. The van der Waals surface area contributed by atoms with Crippen LogP contribution in [-0.4, -0.2) is 5.97 Å². The molecule has 0 radical (unpaired) electrons. The first kappa shape index (κ1) is 9.99. The number of carbonyl (C=O) groups is 1. The molecule has 1 aromatic rings. The van der Waals surface area contributed by atoms with Crippen LogP contribution in [0, 0.1) is 6.92 Å². The van der Waals surface area contributed by atoms with Gasteiger partial charge in [0.05, 0.1) is 0 Å². The molecule has 0 amide bonds. The summed E-state index contributed by atoms with van der Waals surface area (Å²) in [4.78, 5) is 10.8. The van der Waals surface area contributed by atoms with Crippen molar-refractivity contribution in [2.24, 2.45) is 0 Å². The van der Waals surface area contributed by atoms with E-state index in [4.69, 9.17) is 4.74 Å². The van der Waals surface area contributed by atoms with Crippen molar-refractivity contribution in [2.45, 2.75) is 6.92 Å². The minimum Gasteiger partial charge on any atom is -0.423 e. The monoisotopic (exact) mass is 240 g/mol. The average molecular weight is 241 g/mol. The lowest BCUT2D eigenvalue weighted by Gasteiger charge is -2.03. The molecule has 0 bridgehead atoms. The molecule has 0 aliphatic carbocycles. The number of ether oxygens (including phenoxy) is 1. The fourth-order valence-electron chi connectivity index (χ4n) is 0.795. The van der Waals surface area contributed by atoms with Gasteiger partial charge < -0.3 is 4.74 Å². The van der Waals surface area contributed by atoms with Crippen molar-refractivity contribution in [1.82, 2.24) is 0 Å². The zero-order chi connectivity index (χ0) is 9.84. The lowest BCUT2D eigenvalue weighted by atomic mass is 10.2. The van der Waals surface area contributed by atoms with Gasteiger partial charge >= 0.3 is 5.97 Å². The number of benzene rings is 1. The summed E-state index contributed by atoms with van der Waals surface area (Å²) in [5, 5.41) is 0. The van der Waals surface area contributed by atoms with E-state index in [0.717, 1.165) is 16.1 Å². The van der Waals surface area contributed by atoms with Crippen molar-refractivity contribution in [2.75, 3.05) is 0 Å².